The van der Waals surface area contributed by atoms with Crippen LogP contribution in [-0.4, -0.2) is 35.6 Å². The Bertz CT molecular complexity index is 1240. The van der Waals surface area contributed by atoms with E-state index in [1.54, 1.807) is 35.8 Å². The molecule has 1 saturated heterocycles. The van der Waals surface area contributed by atoms with E-state index in [1.165, 1.54) is 44.8 Å². The molecule has 8 heteroatoms. The van der Waals surface area contributed by atoms with Crippen molar-refractivity contribution < 1.29 is 23.0 Å². The maximum atomic E-state index is 9.53. The van der Waals surface area contributed by atoms with E-state index in [1.807, 2.05) is 12.1 Å². The fourth-order valence-corrected chi connectivity index (χ4v) is 6.95. The molecule has 0 spiro atoms. The van der Waals surface area contributed by atoms with Crippen molar-refractivity contribution in [3.05, 3.63) is 88.6 Å². The Morgan fingerprint density at radius 1 is 0.846 bits per heavy atom. The number of amides is 1. The summed E-state index contributed by atoms with van der Waals surface area (Å²) in [6, 6.07) is 16.4. The number of carbonyl (C=O) groups excluding carboxylic acids is 1. The molecule has 212 valence electrons. The van der Waals surface area contributed by atoms with Crippen LogP contribution in [0.1, 0.15) is 40.3 Å². The van der Waals surface area contributed by atoms with Crippen molar-refractivity contribution in [2.45, 2.75) is 48.5 Å². The predicted octanol–water partition coefficient (Wildman–Crippen LogP) is 7.69. The van der Waals surface area contributed by atoms with E-state index in [0.29, 0.717) is 0 Å². The van der Waals surface area contributed by atoms with Gasteiger partial charge in [0.2, 0.25) is 0 Å². The van der Waals surface area contributed by atoms with Crippen molar-refractivity contribution in [1.29, 1.82) is 0 Å². The molecule has 5 nitrogen and oxygen atoms in total. The summed E-state index contributed by atoms with van der Waals surface area (Å²) >= 11 is -1.98. The fraction of sp³-hybridized carbons (Fsp3) is 0.323. The molecule has 0 aromatic heterocycles. The second-order valence-electron chi connectivity index (χ2n) is 9.91. The minimum absolute atomic E-state index is 0.130. The molecule has 1 heterocycles. The van der Waals surface area contributed by atoms with Crippen LogP contribution in [0.5, 0.6) is 5.75 Å². The number of hydrogen-bond donors (Lipinski definition) is 0. The molecule has 39 heavy (non-hydrogen) atoms. The van der Waals surface area contributed by atoms with E-state index in [9.17, 15) is 4.79 Å². The molecule has 4 rings (SSSR count). The molecule has 1 fully saturated rings. The van der Waals surface area contributed by atoms with Gasteiger partial charge in [-0.15, -0.1) is 0 Å². The van der Waals surface area contributed by atoms with Crippen LogP contribution in [0.2, 0.25) is 0 Å². The first-order chi connectivity index (χ1) is 18.4. The normalized spacial score (nSPS) is 13.0. The van der Waals surface area contributed by atoms with Gasteiger partial charge in [-0.05, 0) is 63.8 Å². The van der Waals surface area contributed by atoms with Crippen LogP contribution in [0.25, 0.3) is 0 Å². The van der Waals surface area contributed by atoms with Gasteiger partial charge < -0.3 is 9.80 Å². The summed E-state index contributed by atoms with van der Waals surface area (Å²) in [5.41, 5.74) is 11.6. The van der Waals surface area contributed by atoms with E-state index in [4.69, 9.17) is 24.1 Å². The Hall–Kier alpha value is -2.40. The number of ether oxygens (including phenoxy) is 1. The van der Waals surface area contributed by atoms with E-state index in [-0.39, 0.29) is 5.91 Å². The van der Waals surface area contributed by atoms with Gasteiger partial charge in [-0.1, -0.05) is 35.4 Å². The van der Waals surface area contributed by atoms with Crippen molar-refractivity contribution in [3.63, 3.8) is 0 Å². The van der Waals surface area contributed by atoms with Gasteiger partial charge in [-0.3, -0.25) is 0 Å². The minimum atomic E-state index is -1.98. The van der Waals surface area contributed by atoms with E-state index in [2.05, 4.69) is 82.3 Å². The standard InChI is InChI=1S/C21H27N2.C10H11NO2.2ClH.Ru/c1-14-9-16(3)20(17(4)10-14)22-7-8-23(13-22)21-18(5)11-15(2)12-19(21)6;1-8(12)11(2)9-4-6-10(13-3)7-5-9;;;/h9-13H,7-8H2,1-6H3;2,4-7H,1,3H3;2*1H;/q-1;;;;+2/p-1. The zero-order valence-electron chi connectivity index (χ0n) is 24.0. The maximum absolute atomic E-state index is 9.53. The van der Waals surface area contributed by atoms with Crippen LogP contribution in [0.4, 0.5) is 17.1 Å². The van der Waals surface area contributed by atoms with Crippen LogP contribution in [0.15, 0.2) is 48.5 Å². The number of benzene rings is 3. The third kappa shape index (κ3) is 8.07. The maximum Gasteiger partial charge on any atom is 0.0146 e. The van der Waals surface area contributed by atoms with E-state index in [0.717, 1.165) is 24.5 Å². The average molecular weight is 658 g/mol. The van der Waals surface area contributed by atoms with Gasteiger partial charge in [-0.2, -0.15) is 6.67 Å². The molecule has 1 aliphatic rings. The monoisotopic (exact) mass is 657 g/mol. The summed E-state index contributed by atoms with van der Waals surface area (Å²) < 4.78 is 6.69. The van der Waals surface area contributed by atoms with Crippen LogP contribution in [0, 0.1) is 48.2 Å². The summed E-state index contributed by atoms with van der Waals surface area (Å²) in [5.74, 6) is 0.885. The fourth-order valence-electron chi connectivity index (χ4n) is 5.21. The molecule has 0 radical (unpaired) electrons. The topological polar surface area (TPSA) is 40.4 Å². The molecule has 1 aliphatic heterocycles. The smallest absolute Gasteiger partial charge is 0.0146 e. The first kappa shape index (κ1) is 31.1. The predicted molar refractivity (Wildman–Crippen MR) is 166 cm³/mol. The van der Waals surface area contributed by atoms with Gasteiger partial charge in [-0.25, -0.2) is 0 Å². The van der Waals surface area contributed by atoms with Crippen molar-refractivity contribution >= 4 is 47.1 Å². The van der Waals surface area contributed by atoms with Crippen molar-refractivity contribution in [2.24, 2.45) is 0 Å². The third-order valence-electron chi connectivity index (χ3n) is 6.57. The van der Waals surface area contributed by atoms with Gasteiger partial charge in [0.1, 0.15) is 0 Å². The molecule has 0 unspecified atom stereocenters. The SMILES string of the molecule is COc1ccc(N([CH]=[Ru]([Cl])[Cl])C(C)=[OH+])cc1.Cc1cc(C)c(N2[CH-]N(c3c(C)cc(C)cc3C)CC2)c(C)c1. The Morgan fingerprint density at radius 3 is 1.59 bits per heavy atom. The molecule has 3 aromatic rings. The summed E-state index contributed by atoms with van der Waals surface area (Å²) in [5, 5.41) is 0. The number of anilines is 3. The Balaban J connectivity index is 0.000000231. The molecule has 0 bridgehead atoms. The summed E-state index contributed by atoms with van der Waals surface area (Å²) in [4.78, 5) is 15.9. The molecule has 1 amide bonds. The molecule has 0 saturated carbocycles. The second-order valence-corrected chi connectivity index (χ2v) is 15.6. The molecular formula is C31H39Cl2N3O2Ru. The summed E-state index contributed by atoms with van der Waals surface area (Å²) in [6.45, 7) is 19.1. The number of nitrogens with zero attached hydrogens (tertiary/aromatic N) is 3. The van der Waals surface area contributed by atoms with Crippen LogP contribution >= 0.6 is 19.4 Å². The quantitative estimate of drug-likeness (QED) is 0.161. The number of halogens is 2. The van der Waals surface area contributed by atoms with Gasteiger partial charge in [0.05, 0.1) is 0 Å². The van der Waals surface area contributed by atoms with Gasteiger partial charge in [0, 0.05) is 24.5 Å². The first-order valence-electron chi connectivity index (χ1n) is 12.7. The van der Waals surface area contributed by atoms with E-state index < -0.39 is 13.5 Å². The van der Waals surface area contributed by atoms with Gasteiger partial charge in [0.15, 0.2) is 0 Å². The number of hydrogen-bond acceptors (Lipinski definition) is 3. The first-order valence-corrected chi connectivity index (χ1v) is 18.2. The number of aryl methyl sites for hydroxylation is 6. The second kappa shape index (κ2) is 13.8. The van der Waals surface area contributed by atoms with Crippen molar-refractivity contribution in [3.8, 4) is 5.75 Å². The van der Waals surface area contributed by atoms with Crippen LogP contribution in [-0.2, 0) is 13.5 Å². The number of methoxy groups -OCH3 is 1. The Morgan fingerprint density at radius 2 is 1.26 bits per heavy atom. The van der Waals surface area contributed by atoms with Crippen LogP contribution in [0.3, 0.4) is 0 Å². The Labute approximate surface area is 246 Å². The molecular weight excluding hydrogens is 618 g/mol. The zero-order chi connectivity index (χ0) is 28.9. The van der Waals surface area contributed by atoms with Crippen molar-refractivity contribution in [2.75, 3.05) is 34.9 Å². The zero-order valence-corrected chi connectivity index (χ0v) is 27.2. The number of rotatable bonds is 5. The molecule has 0 atom stereocenters. The van der Waals surface area contributed by atoms with Gasteiger partial charge in [0.25, 0.3) is 0 Å². The summed E-state index contributed by atoms with van der Waals surface area (Å²) in [7, 11) is 13.2. The average Bonchev–Trinajstić information content (AvgIpc) is 3.30. The van der Waals surface area contributed by atoms with Gasteiger partial charge >= 0.3 is 108 Å². The third-order valence-corrected chi connectivity index (χ3v) is 8.17. The molecule has 0 aliphatic carbocycles. The summed E-state index contributed by atoms with van der Waals surface area (Å²) in [6.07, 6.45) is 0. The minimum Gasteiger partial charge on any atom is -0.502 e. The largest absolute Gasteiger partial charge is 0.502 e. The van der Waals surface area contributed by atoms with E-state index >= 15 is 0 Å². The van der Waals surface area contributed by atoms with Crippen LogP contribution < -0.4 is 19.4 Å². The van der Waals surface area contributed by atoms with Crippen molar-refractivity contribution in [1.82, 2.24) is 0 Å². The molecule has 1 N–H and O–H groups in total. The molecule has 3 aromatic carbocycles. The Kier molecular flexibility index (Phi) is 11.0.